The number of hydrogen-bond donors (Lipinski definition) is 0. The molecule has 0 unspecified atom stereocenters. The molecule has 0 radical (unpaired) electrons. The van der Waals surface area contributed by atoms with Crippen LogP contribution >= 0.6 is 0 Å². The van der Waals surface area contributed by atoms with Gasteiger partial charge in [0.25, 0.3) is 5.89 Å². The molecule has 1 fully saturated rings. The lowest BCUT2D eigenvalue weighted by Gasteiger charge is -2.09. The first-order valence-electron chi connectivity index (χ1n) is 7.94. The Balaban J connectivity index is 1.61. The van der Waals surface area contributed by atoms with Gasteiger partial charge in [0.2, 0.25) is 11.7 Å². The maximum Gasteiger partial charge on any atom is 0.422 e. The van der Waals surface area contributed by atoms with E-state index in [-0.39, 0.29) is 23.2 Å². The first-order valence-corrected chi connectivity index (χ1v) is 7.94. The van der Waals surface area contributed by atoms with Crippen LogP contribution in [-0.4, -0.2) is 32.9 Å². The second-order valence-electron chi connectivity index (χ2n) is 5.93. The number of aromatic nitrogens is 4. The third kappa shape index (κ3) is 3.66. The lowest BCUT2D eigenvalue weighted by Crippen LogP contribution is -2.20. The Morgan fingerprint density at radius 2 is 2.00 bits per heavy atom. The number of rotatable bonds is 5. The fourth-order valence-corrected chi connectivity index (χ4v) is 2.46. The molecule has 134 valence electrons. The topological polar surface area (TPSA) is 73.9 Å². The van der Waals surface area contributed by atoms with E-state index in [4.69, 9.17) is 9.26 Å². The molecule has 1 aliphatic carbocycles. The molecule has 26 heavy (non-hydrogen) atoms. The average molecular weight is 362 g/mol. The molecule has 0 amide bonds. The Kier molecular flexibility index (Phi) is 4.06. The molecule has 3 aromatic heterocycles. The van der Waals surface area contributed by atoms with Gasteiger partial charge in [-0.2, -0.15) is 18.2 Å². The third-order valence-electron chi connectivity index (χ3n) is 3.83. The highest BCUT2D eigenvalue weighted by Gasteiger charge is 2.30. The zero-order chi connectivity index (χ0) is 18.1. The quantitative estimate of drug-likeness (QED) is 0.683. The summed E-state index contributed by atoms with van der Waals surface area (Å²) in [5, 5.41) is 3.85. The Hall–Kier alpha value is -2.97. The molecule has 1 aliphatic rings. The van der Waals surface area contributed by atoms with Crippen LogP contribution in [0.3, 0.4) is 0 Å². The lowest BCUT2D eigenvalue weighted by atomic mass is 10.2. The van der Waals surface area contributed by atoms with Crippen molar-refractivity contribution < 1.29 is 22.4 Å². The molecule has 0 saturated heterocycles. The monoisotopic (exact) mass is 362 g/mol. The summed E-state index contributed by atoms with van der Waals surface area (Å²) in [4.78, 5) is 12.4. The van der Waals surface area contributed by atoms with Crippen LogP contribution in [0, 0.1) is 0 Å². The Labute approximate surface area is 146 Å². The summed E-state index contributed by atoms with van der Waals surface area (Å²) < 4.78 is 47.2. The van der Waals surface area contributed by atoms with Gasteiger partial charge >= 0.3 is 6.18 Å². The third-order valence-corrected chi connectivity index (χ3v) is 3.83. The van der Waals surface area contributed by atoms with Gasteiger partial charge in [-0.1, -0.05) is 5.16 Å². The zero-order valence-electron chi connectivity index (χ0n) is 13.4. The number of pyridine rings is 2. The average Bonchev–Trinajstić information content (AvgIpc) is 3.37. The maximum absolute atomic E-state index is 12.4. The molecule has 0 aromatic carbocycles. The predicted octanol–water partition coefficient (Wildman–Crippen LogP) is 4.01. The smallest absolute Gasteiger partial charge is 0.422 e. The van der Waals surface area contributed by atoms with Crippen molar-refractivity contribution in [2.75, 3.05) is 6.61 Å². The van der Waals surface area contributed by atoms with Gasteiger partial charge < -0.3 is 9.26 Å². The van der Waals surface area contributed by atoms with Crippen molar-refractivity contribution in [3.63, 3.8) is 0 Å². The fourth-order valence-electron chi connectivity index (χ4n) is 2.46. The van der Waals surface area contributed by atoms with Gasteiger partial charge in [0.15, 0.2) is 6.61 Å². The molecule has 0 aliphatic heterocycles. The van der Waals surface area contributed by atoms with E-state index >= 15 is 0 Å². The molecular weight excluding hydrogens is 349 g/mol. The van der Waals surface area contributed by atoms with E-state index in [0.29, 0.717) is 11.5 Å². The van der Waals surface area contributed by atoms with E-state index in [9.17, 15) is 13.2 Å². The molecule has 0 spiro atoms. The number of halogens is 3. The molecule has 0 N–H and O–H groups in total. The van der Waals surface area contributed by atoms with Gasteiger partial charge in [0.1, 0.15) is 0 Å². The van der Waals surface area contributed by atoms with Crippen LogP contribution in [-0.2, 0) is 0 Å². The van der Waals surface area contributed by atoms with Gasteiger partial charge in [0.05, 0.1) is 5.56 Å². The number of nitrogens with zero attached hydrogens (tertiary/aromatic N) is 4. The lowest BCUT2D eigenvalue weighted by molar-refractivity contribution is -0.154. The second kappa shape index (κ2) is 6.40. The van der Waals surface area contributed by atoms with E-state index in [1.165, 1.54) is 12.3 Å². The fraction of sp³-hybridized carbons (Fsp3) is 0.294. The number of alkyl halides is 3. The summed E-state index contributed by atoms with van der Waals surface area (Å²) in [5.74, 6) is 0.633. The van der Waals surface area contributed by atoms with Crippen molar-refractivity contribution in [1.82, 2.24) is 20.1 Å². The summed E-state index contributed by atoms with van der Waals surface area (Å²) in [6.07, 6.45) is 0.769. The molecule has 0 bridgehead atoms. The van der Waals surface area contributed by atoms with Crippen molar-refractivity contribution in [2.24, 2.45) is 0 Å². The summed E-state index contributed by atoms with van der Waals surface area (Å²) in [5.41, 5.74) is 1.91. The van der Waals surface area contributed by atoms with E-state index in [1.807, 2.05) is 6.07 Å². The summed E-state index contributed by atoms with van der Waals surface area (Å²) >= 11 is 0. The summed E-state index contributed by atoms with van der Waals surface area (Å²) in [6.45, 7) is -1.45. The largest absolute Gasteiger partial charge is 0.467 e. The minimum atomic E-state index is -4.46. The number of hydrogen-bond acceptors (Lipinski definition) is 6. The van der Waals surface area contributed by atoms with Gasteiger partial charge in [-0.15, -0.1) is 0 Å². The zero-order valence-corrected chi connectivity index (χ0v) is 13.4. The first kappa shape index (κ1) is 16.5. The minimum absolute atomic E-state index is 0.107. The highest BCUT2D eigenvalue weighted by Crippen LogP contribution is 2.40. The molecule has 1 saturated carbocycles. The van der Waals surface area contributed by atoms with Crippen LogP contribution in [0.25, 0.3) is 22.8 Å². The Bertz CT molecular complexity index is 922. The Morgan fingerprint density at radius 1 is 1.15 bits per heavy atom. The normalized spacial score (nSPS) is 14.4. The standard InChI is InChI=1S/C17H13F3N4O2/c18-17(19,20)9-25-16-12(2-1-6-22-16)14-23-15(26-24-14)11-5-7-21-13(8-11)10-3-4-10/h1-2,5-8,10H,3-4,9H2. The van der Waals surface area contributed by atoms with E-state index in [2.05, 4.69) is 20.1 Å². The highest BCUT2D eigenvalue weighted by molar-refractivity contribution is 5.63. The van der Waals surface area contributed by atoms with E-state index in [1.54, 1.807) is 18.3 Å². The number of ether oxygens (including phenoxy) is 1. The highest BCUT2D eigenvalue weighted by atomic mass is 19.4. The van der Waals surface area contributed by atoms with Crippen molar-refractivity contribution in [3.05, 3.63) is 42.4 Å². The predicted molar refractivity (Wildman–Crippen MR) is 84.3 cm³/mol. The van der Waals surface area contributed by atoms with Gasteiger partial charge in [-0.25, -0.2) is 4.98 Å². The molecule has 9 heteroatoms. The molecule has 0 atom stereocenters. The summed E-state index contributed by atoms with van der Waals surface area (Å²) in [7, 11) is 0. The van der Waals surface area contributed by atoms with Crippen molar-refractivity contribution in [3.8, 4) is 28.7 Å². The second-order valence-corrected chi connectivity index (χ2v) is 5.93. The van der Waals surface area contributed by atoms with Crippen molar-refractivity contribution >= 4 is 0 Å². The SMILES string of the molecule is FC(F)(F)COc1ncccc1-c1noc(-c2ccnc(C3CC3)c2)n1. The molecular formula is C17H13F3N4O2. The Morgan fingerprint density at radius 3 is 2.77 bits per heavy atom. The summed E-state index contributed by atoms with van der Waals surface area (Å²) in [6, 6.07) is 6.71. The molecule has 6 nitrogen and oxygen atoms in total. The molecule has 4 rings (SSSR count). The van der Waals surface area contributed by atoms with Crippen LogP contribution in [0.5, 0.6) is 5.88 Å². The van der Waals surface area contributed by atoms with E-state index < -0.39 is 12.8 Å². The molecule has 3 aromatic rings. The first-order chi connectivity index (χ1) is 12.5. The van der Waals surface area contributed by atoms with Gasteiger partial charge in [-0.3, -0.25) is 4.98 Å². The van der Waals surface area contributed by atoms with Gasteiger partial charge in [-0.05, 0) is 37.1 Å². The van der Waals surface area contributed by atoms with Crippen LogP contribution in [0.1, 0.15) is 24.5 Å². The van der Waals surface area contributed by atoms with Crippen LogP contribution in [0.15, 0.2) is 41.2 Å². The van der Waals surface area contributed by atoms with Gasteiger partial charge in [0, 0.05) is 29.6 Å². The molecule has 3 heterocycles. The maximum atomic E-state index is 12.4. The van der Waals surface area contributed by atoms with Crippen LogP contribution in [0.4, 0.5) is 13.2 Å². The van der Waals surface area contributed by atoms with Crippen LogP contribution in [0.2, 0.25) is 0 Å². The minimum Gasteiger partial charge on any atom is -0.467 e. The van der Waals surface area contributed by atoms with Crippen molar-refractivity contribution in [2.45, 2.75) is 24.9 Å². The van der Waals surface area contributed by atoms with Crippen LogP contribution < -0.4 is 4.74 Å². The van der Waals surface area contributed by atoms with Crippen molar-refractivity contribution in [1.29, 1.82) is 0 Å². The van der Waals surface area contributed by atoms with E-state index in [0.717, 1.165) is 18.5 Å².